The monoisotopic (exact) mass is 436 g/mol. The number of Topliss-reactive ketones (excluding diaryl/α,β-unsaturated/α-hetero) is 1. The van der Waals surface area contributed by atoms with Crippen LogP contribution in [0.2, 0.25) is 0 Å². The molecule has 0 radical (unpaired) electrons. The number of piperidine rings is 1. The van der Waals surface area contributed by atoms with Crippen LogP contribution in [0.25, 0.3) is 0 Å². The molecular weight excluding hydrogens is 404 g/mol. The van der Waals surface area contributed by atoms with E-state index in [0.29, 0.717) is 56.5 Å². The van der Waals surface area contributed by atoms with E-state index in [-0.39, 0.29) is 23.7 Å². The van der Waals surface area contributed by atoms with Crippen LogP contribution < -0.4 is 9.47 Å². The number of amides is 1. The molecule has 1 amide bonds. The summed E-state index contributed by atoms with van der Waals surface area (Å²) in [5.74, 6) is 1.58. The highest BCUT2D eigenvalue weighted by atomic mass is 16.6. The summed E-state index contributed by atoms with van der Waals surface area (Å²) in [5, 5.41) is 0. The van der Waals surface area contributed by atoms with Crippen molar-refractivity contribution in [3.63, 3.8) is 0 Å². The fourth-order valence-electron chi connectivity index (χ4n) is 4.71. The molecule has 1 saturated heterocycles. The molecule has 2 heterocycles. The molecule has 4 rings (SSSR count). The van der Waals surface area contributed by atoms with E-state index < -0.39 is 0 Å². The molecule has 2 aromatic carbocycles. The Morgan fingerprint density at radius 1 is 0.969 bits per heavy atom. The molecule has 1 atom stereocenters. The van der Waals surface area contributed by atoms with Crippen LogP contribution in [-0.2, 0) is 4.79 Å². The van der Waals surface area contributed by atoms with Crippen molar-refractivity contribution in [2.75, 3.05) is 39.4 Å². The van der Waals surface area contributed by atoms with Crippen molar-refractivity contribution in [2.45, 2.75) is 32.7 Å². The molecule has 1 fully saturated rings. The van der Waals surface area contributed by atoms with E-state index in [9.17, 15) is 9.59 Å². The van der Waals surface area contributed by atoms with E-state index in [0.717, 1.165) is 18.4 Å². The minimum Gasteiger partial charge on any atom is -0.486 e. The van der Waals surface area contributed by atoms with Gasteiger partial charge in [0.1, 0.15) is 19.3 Å². The van der Waals surface area contributed by atoms with Crippen LogP contribution in [-0.4, -0.2) is 60.9 Å². The number of ketones is 1. The largest absolute Gasteiger partial charge is 0.486 e. The second kappa shape index (κ2) is 10.2. The number of hydrogen-bond donors (Lipinski definition) is 0. The molecule has 2 aliphatic rings. The maximum absolute atomic E-state index is 13.4. The first kappa shape index (κ1) is 22.3. The summed E-state index contributed by atoms with van der Waals surface area (Å²) in [4.78, 5) is 30.7. The van der Waals surface area contributed by atoms with Crippen molar-refractivity contribution >= 4 is 11.7 Å². The predicted octanol–water partition coefficient (Wildman–Crippen LogP) is 3.96. The third kappa shape index (κ3) is 4.65. The van der Waals surface area contributed by atoms with Crippen molar-refractivity contribution in [2.24, 2.45) is 5.92 Å². The van der Waals surface area contributed by atoms with E-state index in [2.05, 4.69) is 4.90 Å². The van der Waals surface area contributed by atoms with Crippen LogP contribution in [0.15, 0.2) is 48.5 Å². The number of carbonyl (C=O) groups excluding carboxylic acids is 2. The Morgan fingerprint density at radius 2 is 1.62 bits per heavy atom. The van der Waals surface area contributed by atoms with Crippen LogP contribution >= 0.6 is 0 Å². The zero-order valence-corrected chi connectivity index (χ0v) is 19.0. The lowest BCUT2D eigenvalue weighted by atomic mass is 9.87. The third-order valence-corrected chi connectivity index (χ3v) is 6.52. The molecular formula is C26H32N2O4. The van der Waals surface area contributed by atoms with Crippen molar-refractivity contribution in [3.05, 3.63) is 59.7 Å². The minimum absolute atomic E-state index is 0.0474. The van der Waals surface area contributed by atoms with E-state index in [4.69, 9.17) is 9.47 Å². The zero-order chi connectivity index (χ0) is 22.5. The highest BCUT2D eigenvalue weighted by molar-refractivity contribution is 5.98. The lowest BCUT2D eigenvalue weighted by Gasteiger charge is -2.38. The molecule has 32 heavy (non-hydrogen) atoms. The number of rotatable bonds is 7. The highest BCUT2D eigenvalue weighted by Gasteiger charge is 2.35. The molecule has 6 heteroatoms. The number of benzene rings is 2. The zero-order valence-electron chi connectivity index (χ0n) is 19.0. The van der Waals surface area contributed by atoms with Crippen molar-refractivity contribution in [1.82, 2.24) is 9.80 Å². The van der Waals surface area contributed by atoms with Gasteiger partial charge in [0.25, 0.3) is 0 Å². The van der Waals surface area contributed by atoms with Gasteiger partial charge in [-0.05, 0) is 63.5 Å². The number of nitrogens with zero attached hydrogens (tertiary/aromatic N) is 2. The fraction of sp³-hybridized carbons (Fsp3) is 0.462. The first-order valence-electron chi connectivity index (χ1n) is 11.6. The maximum atomic E-state index is 13.4. The topological polar surface area (TPSA) is 59.1 Å². The number of likely N-dealkylation sites (N-methyl/N-ethyl adjacent to an activating group) is 1. The van der Waals surface area contributed by atoms with Crippen molar-refractivity contribution in [1.29, 1.82) is 0 Å². The Bertz CT molecular complexity index is 934. The summed E-state index contributed by atoms with van der Waals surface area (Å²) in [6, 6.07) is 15.1. The van der Waals surface area contributed by atoms with Gasteiger partial charge in [0.15, 0.2) is 17.3 Å². The smallest absolute Gasteiger partial charge is 0.244 e. The van der Waals surface area contributed by atoms with Gasteiger partial charge < -0.3 is 14.4 Å². The first-order valence-corrected chi connectivity index (χ1v) is 11.6. The summed E-state index contributed by atoms with van der Waals surface area (Å²) >= 11 is 0. The molecule has 0 aromatic heterocycles. The Kier molecular flexibility index (Phi) is 7.10. The van der Waals surface area contributed by atoms with Crippen molar-refractivity contribution < 1.29 is 19.1 Å². The SMILES string of the molecule is CCN(CC)C(=O)[C@@H](c1ccccc1)N1CCC(C(=O)c2ccc3c(c2)OCCO3)CC1. The van der Waals surface area contributed by atoms with Gasteiger partial charge in [0, 0.05) is 24.6 Å². The lowest BCUT2D eigenvalue weighted by Crippen LogP contribution is -2.46. The Hall–Kier alpha value is -2.86. The number of carbonyl (C=O) groups is 2. The molecule has 170 valence electrons. The molecule has 0 unspecified atom stereocenters. The summed E-state index contributed by atoms with van der Waals surface area (Å²) in [7, 11) is 0. The number of fused-ring (bicyclic) bond motifs is 1. The van der Waals surface area contributed by atoms with Gasteiger partial charge in [-0.15, -0.1) is 0 Å². The molecule has 0 saturated carbocycles. The standard InChI is InChI=1S/C26H32N2O4/c1-3-27(4-2)26(30)24(19-8-6-5-7-9-19)28-14-12-20(13-15-28)25(29)21-10-11-22-23(18-21)32-17-16-31-22/h5-11,18,20,24H,3-4,12-17H2,1-2H3/t24-/m1/s1. The normalized spacial score (nSPS) is 17.6. The van der Waals surface area contributed by atoms with Gasteiger partial charge in [-0.25, -0.2) is 0 Å². The van der Waals surface area contributed by atoms with E-state index in [1.54, 1.807) is 6.07 Å². The number of likely N-dealkylation sites (tertiary alicyclic amines) is 1. The van der Waals surface area contributed by atoms with Gasteiger partial charge in [-0.3, -0.25) is 14.5 Å². The highest BCUT2D eigenvalue weighted by Crippen LogP contribution is 2.34. The van der Waals surface area contributed by atoms with Gasteiger partial charge in [-0.1, -0.05) is 30.3 Å². The van der Waals surface area contributed by atoms with E-state index in [1.165, 1.54) is 0 Å². The number of hydrogen-bond acceptors (Lipinski definition) is 5. The molecule has 0 bridgehead atoms. The van der Waals surface area contributed by atoms with E-state index in [1.807, 2.05) is 61.2 Å². The molecule has 0 N–H and O–H groups in total. The second-order valence-corrected chi connectivity index (χ2v) is 8.36. The van der Waals surface area contributed by atoms with E-state index >= 15 is 0 Å². The second-order valence-electron chi connectivity index (χ2n) is 8.36. The van der Waals surface area contributed by atoms with Crippen LogP contribution in [0, 0.1) is 5.92 Å². The van der Waals surface area contributed by atoms with Crippen molar-refractivity contribution in [3.8, 4) is 11.5 Å². The van der Waals surface area contributed by atoms with Gasteiger partial charge in [0.2, 0.25) is 5.91 Å². The van der Waals surface area contributed by atoms with Crippen LogP contribution in [0.5, 0.6) is 11.5 Å². The van der Waals surface area contributed by atoms with Gasteiger partial charge in [-0.2, -0.15) is 0 Å². The summed E-state index contributed by atoms with van der Waals surface area (Å²) in [5.41, 5.74) is 1.69. The summed E-state index contributed by atoms with van der Waals surface area (Å²) in [6.45, 7) is 7.89. The first-order chi connectivity index (χ1) is 15.6. The van der Waals surface area contributed by atoms with Crippen LogP contribution in [0.3, 0.4) is 0 Å². The van der Waals surface area contributed by atoms with Crippen LogP contribution in [0.1, 0.15) is 48.7 Å². The quantitative estimate of drug-likeness (QED) is 0.615. The molecule has 2 aromatic rings. The Labute approximate surface area is 190 Å². The van der Waals surface area contributed by atoms with Crippen LogP contribution in [0.4, 0.5) is 0 Å². The molecule has 0 aliphatic carbocycles. The average molecular weight is 437 g/mol. The lowest BCUT2D eigenvalue weighted by molar-refractivity contribution is -0.137. The minimum atomic E-state index is -0.304. The van der Waals surface area contributed by atoms with Gasteiger partial charge in [0.05, 0.1) is 0 Å². The Balaban J connectivity index is 1.47. The number of ether oxygens (including phenoxy) is 2. The third-order valence-electron chi connectivity index (χ3n) is 6.52. The Morgan fingerprint density at radius 3 is 2.28 bits per heavy atom. The predicted molar refractivity (Wildman–Crippen MR) is 123 cm³/mol. The fourth-order valence-corrected chi connectivity index (χ4v) is 4.71. The molecule has 2 aliphatic heterocycles. The molecule has 0 spiro atoms. The average Bonchev–Trinajstić information content (AvgIpc) is 2.85. The molecule has 6 nitrogen and oxygen atoms in total. The summed E-state index contributed by atoms with van der Waals surface area (Å²) < 4.78 is 11.2. The maximum Gasteiger partial charge on any atom is 0.244 e. The van der Waals surface area contributed by atoms with Gasteiger partial charge >= 0.3 is 0 Å². The summed E-state index contributed by atoms with van der Waals surface area (Å²) in [6.07, 6.45) is 1.48.